The van der Waals surface area contributed by atoms with Gasteiger partial charge in [-0.3, -0.25) is 4.79 Å². The molecule has 3 rings (SSSR count). The smallest absolute Gasteiger partial charge is 0.226 e. The fraction of sp³-hybridized carbons (Fsp3) is 0.273. The average molecular weight is 381 g/mol. The molecule has 1 aromatic heterocycles. The highest BCUT2D eigenvalue weighted by molar-refractivity contribution is 5.76. The molecule has 0 aliphatic carbocycles. The minimum absolute atomic E-state index is 0.00949. The van der Waals surface area contributed by atoms with Crippen LogP contribution in [-0.2, 0) is 17.6 Å². The summed E-state index contributed by atoms with van der Waals surface area (Å²) >= 11 is 0. The van der Waals surface area contributed by atoms with Crippen molar-refractivity contribution in [2.45, 2.75) is 33.1 Å². The van der Waals surface area contributed by atoms with Gasteiger partial charge in [0.2, 0.25) is 11.8 Å². The number of hydrogen-bond acceptors (Lipinski definition) is 3. The monoisotopic (exact) mass is 381 g/mol. The molecular weight excluding hydrogens is 357 g/mol. The molecule has 0 radical (unpaired) electrons. The number of hydrogen-bond donors (Lipinski definition) is 1. The van der Waals surface area contributed by atoms with E-state index in [9.17, 15) is 9.18 Å². The zero-order chi connectivity index (χ0) is 19.9. The van der Waals surface area contributed by atoms with Gasteiger partial charge in [0.15, 0.2) is 0 Å². The van der Waals surface area contributed by atoms with Crippen molar-refractivity contribution in [3.8, 4) is 17.3 Å². The fourth-order valence-electron chi connectivity index (χ4n) is 3.00. The third-order valence-corrected chi connectivity index (χ3v) is 4.36. The lowest BCUT2D eigenvalue weighted by atomic mass is 10.1. The van der Waals surface area contributed by atoms with Crippen molar-refractivity contribution in [2.75, 3.05) is 6.54 Å². The summed E-state index contributed by atoms with van der Waals surface area (Å²) in [5.41, 5.74) is 2.45. The Morgan fingerprint density at radius 1 is 1.11 bits per heavy atom. The summed E-state index contributed by atoms with van der Waals surface area (Å²) in [7, 11) is 0. The number of para-hydroxylation sites is 1. The Labute approximate surface area is 164 Å². The average Bonchev–Trinajstić information content (AvgIpc) is 3.05. The molecule has 6 heteroatoms. The van der Waals surface area contributed by atoms with Crippen LogP contribution in [0.15, 0.2) is 54.6 Å². The van der Waals surface area contributed by atoms with Crippen molar-refractivity contribution in [2.24, 2.45) is 0 Å². The quantitative estimate of drug-likeness (QED) is 0.628. The Morgan fingerprint density at radius 3 is 2.46 bits per heavy atom. The number of carbonyl (C=O) groups excluding carboxylic acids is 1. The largest absolute Gasteiger partial charge is 0.439 e. The van der Waals surface area contributed by atoms with Crippen molar-refractivity contribution in [1.29, 1.82) is 0 Å². The summed E-state index contributed by atoms with van der Waals surface area (Å²) < 4.78 is 21.2. The molecule has 0 saturated heterocycles. The van der Waals surface area contributed by atoms with Crippen LogP contribution >= 0.6 is 0 Å². The molecule has 0 saturated carbocycles. The van der Waals surface area contributed by atoms with E-state index in [1.807, 2.05) is 44.2 Å². The second kappa shape index (κ2) is 9.17. The number of nitrogens with one attached hydrogen (secondary N) is 1. The Balaban J connectivity index is 2.02. The first kappa shape index (κ1) is 19.6. The number of rotatable bonds is 8. The second-order valence-corrected chi connectivity index (χ2v) is 6.34. The highest BCUT2D eigenvalue weighted by atomic mass is 19.1. The molecule has 0 bridgehead atoms. The van der Waals surface area contributed by atoms with Crippen molar-refractivity contribution in [1.82, 2.24) is 15.1 Å². The van der Waals surface area contributed by atoms with Crippen LogP contribution in [-0.4, -0.2) is 22.2 Å². The van der Waals surface area contributed by atoms with Crippen molar-refractivity contribution >= 4 is 5.91 Å². The molecule has 0 aliphatic heterocycles. The van der Waals surface area contributed by atoms with Crippen LogP contribution in [0, 0.1) is 5.82 Å². The Kier molecular flexibility index (Phi) is 6.42. The molecule has 3 aromatic rings. The van der Waals surface area contributed by atoms with E-state index in [4.69, 9.17) is 4.74 Å². The Morgan fingerprint density at radius 2 is 1.82 bits per heavy atom. The number of nitrogens with zero attached hydrogens (tertiary/aromatic N) is 2. The molecule has 28 heavy (non-hydrogen) atoms. The van der Waals surface area contributed by atoms with E-state index in [2.05, 4.69) is 10.4 Å². The van der Waals surface area contributed by atoms with Crippen LogP contribution < -0.4 is 10.1 Å². The minimum atomic E-state index is -0.311. The van der Waals surface area contributed by atoms with Gasteiger partial charge in [-0.05, 0) is 56.2 Å². The van der Waals surface area contributed by atoms with Gasteiger partial charge in [-0.2, -0.15) is 5.10 Å². The van der Waals surface area contributed by atoms with E-state index >= 15 is 0 Å². The van der Waals surface area contributed by atoms with Crippen LogP contribution in [0.4, 0.5) is 4.39 Å². The summed E-state index contributed by atoms with van der Waals surface area (Å²) in [5, 5.41) is 7.50. The Bertz CT molecular complexity index is 921. The molecule has 1 amide bonds. The molecule has 0 unspecified atom stereocenters. The van der Waals surface area contributed by atoms with E-state index in [0.717, 1.165) is 11.3 Å². The van der Waals surface area contributed by atoms with Crippen molar-refractivity contribution < 1.29 is 13.9 Å². The highest BCUT2D eigenvalue weighted by Gasteiger charge is 2.21. The lowest BCUT2D eigenvalue weighted by molar-refractivity contribution is -0.120. The molecule has 0 fully saturated rings. The predicted octanol–water partition coefficient (Wildman–Crippen LogP) is 4.43. The summed E-state index contributed by atoms with van der Waals surface area (Å²) in [6.45, 7) is 4.51. The fourth-order valence-corrected chi connectivity index (χ4v) is 3.00. The molecule has 1 heterocycles. The highest BCUT2D eigenvalue weighted by Crippen LogP contribution is 2.32. The Hall–Kier alpha value is -3.15. The summed E-state index contributed by atoms with van der Waals surface area (Å²) in [6, 6.07) is 15.5. The summed E-state index contributed by atoms with van der Waals surface area (Å²) in [4.78, 5) is 12.0. The van der Waals surface area contributed by atoms with E-state index in [0.29, 0.717) is 43.1 Å². The van der Waals surface area contributed by atoms with E-state index in [1.54, 1.807) is 16.8 Å². The summed E-state index contributed by atoms with van der Waals surface area (Å²) in [6.07, 6.45) is 1.56. The first-order chi connectivity index (χ1) is 13.6. The van der Waals surface area contributed by atoms with Crippen molar-refractivity contribution in [3.05, 3.63) is 71.7 Å². The predicted molar refractivity (Wildman–Crippen MR) is 106 cm³/mol. The van der Waals surface area contributed by atoms with E-state index in [1.165, 1.54) is 12.1 Å². The topological polar surface area (TPSA) is 56.2 Å². The van der Waals surface area contributed by atoms with E-state index < -0.39 is 0 Å². The number of carbonyl (C=O) groups is 1. The normalized spacial score (nSPS) is 10.7. The van der Waals surface area contributed by atoms with E-state index in [-0.39, 0.29) is 11.7 Å². The van der Waals surface area contributed by atoms with Gasteiger partial charge in [-0.1, -0.05) is 25.1 Å². The van der Waals surface area contributed by atoms with Gasteiger partial charge >= 0.3 is 0 Å². The number of aromatic nitrogens is 2. The molecule has 1 N–H and O–H groups in total. The second-order valence-electron chi connectivity index (χ2n) is 6.34. The van der Waals surface area contributed by atoms with Crippen LogP contribution in [0.1, 0.15) is 31.5 Å². The summed E-state index contributed by atoms with van der Waals surface area (Å²) in [5.74, 6) is 0.907. The maximum atomic E-state index is 13.4. The lowest BCUT2D eigenvalue weighted by Gasteiger charge is -2.11. The number of aryl methyl sites for hydroxylation is 1. The van der Waals surface area contributed by atoms with Gasteiger partial charge in [0.1, 0.15) is 11.6 Å². The van der Waals surface area contributed by atoms with Gasteiger partial charge in [-0.15, -0.1) is 0 Å². The molecule has 0 atom stereocenters. The maximum Gasteiger partial charge on any atom is 0.226 e. The van der Waals surface area contributed by atoms with Gasteiger partial charge < -0.3 is 10.1 Å². The number of amides is 1. The molecule has 146 valence electrons. The number of benzene rings is 2. The standard InChI is InChI=1S/C22H24FN3O2/c1-3-20-19(14-15-21(27)24-4-2)22(28-18-8-6-5-7-9-18)26(25-20)17-12-10-16(23)11-13-17/h5-13H,3-4,14-15H2,1-2H3,(H,24,27). The first-order valence-electron chi connectivity index (χ1n) is 9.48. The van der Waals surface area contributed by atoms with Crippen LogP contribution in [0.5, 0.6) is 11.6 Å². The number of halogens is 1. The van der Waals surface area contributed by atoms with Gasteiger partial charge in [0.25, 0.3) is 0 Å². The zero-order valence-electron chi connectivity index (χ0n) is 16.1. The third-order valence-electron chi connectivity index (χ3n) is 4.36. The van der Waals surface area contributed by atoms with Crippen LogP contribution in [0.3, 0.4) is 0 Å². The van der Waals surface area contributed by atoms with Crippen LogP contribution in [0.25, 0.3) is 5.69 Å². The maximum absolute atomic E-state index is 13.4. The first-order valence-corrected chi connectivity index (χ1v) is 9.48. The molecule has 0 spiro atoms. The SMILES string of the molecule is CCNC(=O)CCc1c(CC)nn(-c2ccc(F)cc2)c1Oc1ccccc1. The third kappa shape index (κ3) is 4.57. The van der Waals surface area contributed by atoms with Gasteiger partial charge in [0, 0.05) is 18.5 Å². The molecule has 0 aliphatic rings. The van der Waals surface area contributed by atoms with Gasteiger partial charge in [-0.25, -0.2) is 9.07 Å². The zero-order valence-corrected chi connectivity index (χ0v) is 16.1. The molecule has 2 aromatic carbocycles. The molecule has 5 nitrogen and oxygen atoms in total. The molecular formula is C22H24FN3O2. The number of ether oxygens (including phenoxy) is 1. The minimum Gasteiger partial charge on any atom is -0.439 e. The van der Waals surface area contributed by atoms with Gasteiger partial charge in [0.05, 0.1) is 11.4 Å². The van der Waals surface area contributed by atoms with Crippen molar-refractivity contribution in [3.63, 3.8) is 0 Å². The lowest BCUT2D eigenvalue weighted by Crippen LogP contribution is -2.22. The van der Waals surface area contributed by atoms with Crippen LogP contribution in [0.2, 0.25) is 0 Å².